The molecule has 1 atom stereocenters. The number of ether oxygens (including phenoxy) is 2. The van der Waals surface area contributed by atoms with Crippen molar-refractivity contribution < 1.29 is 14.6 Å². The highest BCUT2D eigenvalue weighted by Crippen LogP contribution is 2.29. The van der Waals surface area contributed by atoms with E-state index in [1.54, 1.807) is 26.4 Å². The van der Waals surface area contributed by atoms with Gasteiger partial charge in [0.25, 0.3) is 0 Å². The molecule has 1 rings (SSSR count). The molecule has 0 heterocycles. The summed E-state index contributed by atoms with van der Waals surface area (Å²) in [6.45, 7) is 8.27. The van der Waals surface area contributed by atoms with Gasteiger partial charge in [0.05, 0.1) is 20.3 Å². The van der Waals surface area contributed by atoms with E-state index in [0.29, 0.717) is 29.5 Å². The van der Waals surface area contributed by atoms with Crippen molar-refractivity contribution in [3.8, 4) is 11.5 Å². The van der Waals surface area contributed by atoms with Gasteiger partial charge in [-0.05, 0) is 31.0 Å². The number of nitrogens with zero attached hydrogens (tertiary/aromatic N) is 1. The number of hydrogen-bond donors (Lipinski definition) is 3. The molecule has 25 heavy (non-hydrogen) atoms. The van der Waals surface area contributed by atoms with Gasteiger partial charge in [0.2, 0.25) is 0 Å². The highest BCUT2D eigenvalue weighted by Gasteiger charge is 2.15. The number of benzene rings is 1. The van der Waals surface area contributed by atoms with E-state index in [-0.39, 0.29) is 0 Å². The fraction of sp³-hybridized carbons (Fsp3) is 0.632. The van der Waals surface area contributed by atoms with Crippen LogP contribution in [0.15, 0.2) is 23.2 Å². The average molecular weight is 351 g/mol. The second kappa shape index (κ2) is 11.6. The van der Waals surface area contributed by atoms with E-state index >= 15 is 0 Å². The van der Waals surface area contributed by atoms with Crippen LogP contribution < -0.4 is 20.1 Å². The number of hydrogen-bond acceptors (Lipinski definition) is 4. The molecule has 1 aromatic rings. The number of aliphatic imine (C=N–C) groups is 1. The van der Waals surface area contributed by atoms with Crippen LogP contribution in [-0.4, -0.2) is 44.9 Å². The summed E-state index contributed by atoms with van der Waals surface area (Å²) in [7, 11) is 3.19. The molecule has 0 aliphatic carbocycles. The van der Waals surface area contributed by atoms with Crippen molar-refractivity contribution in [2.75, 3.05) is 33.9 Å². The minimum Gasteiger partial charge on any atom is -0.497 e. The van der Waals surface area contributed by atoms with E-state index < -0.39 is 6.10 Å². The number of nitrogens with one attached hydrogen (secondary N) is 2. The van der Waals surface area contributed by atoms with Crippen LogP contribution in [0.25, 0.3) is 0 Å². The zero-order valence-electron chi connectivity index (χ0n) is 16.1. The number of rotatable bonds is 10. The lowest BCUT2D eigenvalue weighted by atomic mass is 10.0. The first kappa shape index (κ1) is 21.1. The van der Waals surface area contributed by atoms with Gasteiger partial charge in [-0.3, -0.25) is 4.99 Å². The summed E-state index contributed by atoms with van der Waals surface area (Å²) >= 11 is 0. The summed E-state index contributed by atoms with van der Waals surface area (Å²) in [4.78, 5) is 4.62. The van der Waals surface area contributed by atoms with Crippen LogP contribution in [0, 0.1) is 5.92 Å². The molecule has 0 bridgehead atoms. The Labute approximate surface area is 151 Å². The van der Waals surface area contributed by atoms with Crippen molar-refractivity contribution in [3.05, 3.63) is 23.8 Å². The largest absolute Gasteiger partial charge is 0.497 e. The smallest absolute Gasteiger partial charge is 0.191 e. The van der Waals surface area contributed by atoms with E-state index in [1.165, 1.54) is 0 Å². The Morgan fingerprint density at radius 1 is 1.12 bits per heavy atom. The zero-order chi connectivity index (χ0) is 18.7. The van der Waals surface area contributed by atoms with Gasteiger partial charge < -0.3 is 25.2 Å². The quantitative estimate of drug-likeness (QED) is 0.446. The van der Waals surface area contributed by atoms with Gasteiger partial charge in [-0.1, -0.05) is 26.7 Å². The highest BCUT2D eigenvalue weighted by atomic mass is 16.5. The molecule has 3 N–H and O–H groups in total. The zero-order valence-corrected chi connectivity index (χ0v) is 16.1. The number of methoxy groups -OCH3 is 2. The van der Waals surface area contributed by atoms with Gasteiger partial charge in [-0.15, -0.1) is 0 Å². The van der Waals surface area contributed by atoms with Crippen molar-refractivity contribution in [3.63, 3.8) is 0 Å². The van der Waals surface area contributed by atoms with Crippen molar-refractivity contribution >= 4 is 5.96 Å². The maximum Gasteiger partial charge on any atom is 0.191 e. The molecule has 0 fully saturated rings. The van der Waals surface area contributed by atoms with Gasteiger partial charge in [0.15, 0.2) is 5.96 Å². The maximum absolute atomic E-state index is 10.6. The van der Waals surface area contributed by atoms with Gasteiger partial charge >= 0.3 is 0 Å². The Balaban J connectivity index is 2.77. The first-order chi connectivity index (χ1) is 12.1. The SMILES string of the molecule is CCNC(=NCC(CC)CC)NCC(O)c1cc(OC)ccc1OC. The summed E-state index contributed by atoms with van der Waals surface area (Å²) in [5, 5.41) is 17.0. The molecule has 142 valence electrons. The number of aliphatic hydroxyl groups excluding tert-OH is 1. The minimum atomic E-state index is -0.734. The molecule has 0 aliphatic heterocycles. The monoisotopic (exact) mass is 351 g/mol. The summed E-state index contributed by atoms with van der Waals surface area (Å²) in [6.07, 6.45) is 1.49. The van der Waals surface area contributed by atoms with Crippen molar-refractivity contribution in [1.29, 1.82) is 0 Å². The molecular formula is C19H33N3O3. The second-order valence-electron chi connectivity index (χ2n) is 5.91. The van der Waals surface area contributed by atoms with Crippen LogP contribution in [0.2, 0.25) is 0 Å². The third kappa shape index (κ3) is 6.82. The van der Waals surface area contributed by atoms with Crippen LogP contribution in [0.4, 0.5) is 0 Å². The number of aliphatic hydroxyl groups is 1. The van der Waals surface area contributed by atoms with Crippen molar-refractivity contribution in [1.82, 2.24) is 10.6 Å². The summed E-state index contributed by atoms with van der Waals surface area (Å²) in [5.74, 6) is 2.62. The third-order valence-electron chi connectivity index (χ3n) is 4.27. The van der Waals surface area contributed by atoms with Gasteiger partial charge in [-0.2, -0.15) is 0 Å². The van der Waals surface area contributed by atoms with E-state index in [0.717, 1.165) is 31.9 Å². The molecule has 0 aromatic heterocycles. The third-order valence-corrected chi connectivity index (χ3v) is 4.27. The first-order valence-corrected chi connectivity index (χ1v) is 9.01. The molecule has 0 amide bonds. The Morgan fingerprint density at radius 3 is 2.40 bits per heavy atom. The van der Waals surface area contributed by atoms with E-state index in [2.05, 4.69) is 29.5 Å². The van der Waals surface area contributed by atoms with E-state index in [4.69, 9.17) is 9.47 Å². The summed E-state index contributed by atoms with van der Waals surface area (Å²) in [6, 6.07) is 5.40. The first-order valence-electron chi connectivity index (χ1n) is 9.01. The molecule has 1 unspecified atom stereocenters. The van der Waals surface area contributed by atoms with Crippen LogP contribution >= 0.6 is 0 Å². The lowest BCUT2D eigenvalue weighted by molar-refractivity contribution is 0.176. The van der Waals surface area contributed by atoms with Crippen molar-refractivity contribution in [2.24, 2.45) is 10.9 Å². The van der Waals surface area contributed by atoms with Crippen LogP contribution in [0.3, 0.4) is 0 Å². The molecule has 1 aromatic carbocycles. The molecule has 6 nitrogen and oxygen atoms in total. The predicted octanol–water partition coefficient (Wildman–Crippen LogP) is 2.73. The predicted molar refractivity (Wildman–Crippen MR) is 103 cm³/mol. The second-order valence-corrected chi connectivity index (χ2v) is 5.91. The Morgan fingerprint density at radius 2 is 1.84 bits per heavy atom. The molecule has 0 saturated carbocycles. The van der Waals surface area contributed by atoms with Gasteiger partial charge in [0, 0.05) is 25.2 Å². The van der Waals surface area contributed by atoms with Crippen LogP contribution in [0.5, 0.6) is 11.5 Å². The standard InChI is InChI=1S/C19H33N3O3/c1-6-14(7-2)12-21-19(20-8-3)22-13-17(23)16-11-15(24-4)9-10-18(16)25-5/h9-11,14,17,23H,6-8,12-13H2,1-5H3,(H2,20,21,22). The topological polar surface area (TPSA) is 75.1 Å². The Hall–Kier alpha value is -1.95. The van der Waals surface area contributed by atoms with Crippen LogP contribution in [-0.2, 0) is 0 Å². The summed E-state index contributed by atoms with van der Waals surface area (Å²) in [5.41, 5.74) is 0.685. The number of guanidine groups is 1. The molecule has 0 saturated heterocycles. The van der Waals surface area contributed by atoms with Crippen LogP contribution in [0.1, 0.15) is 45.3 Å². The van der Waals surface area contributed by atoms with Gasteiger partial charge in [0.1, 0.15) is 11.5 Å². The maximum atomic E-state index is 10.6. The minimum absolute atomic E-state index is 0.332. The lowest BCUT2D eigenvalue weighted by Crippen LogP contribution is -2.39. The van der Waals surface area contributed by atoms with E-state index in [9.17, 15) is 5.11 Å². The fourth-order valence-electron chi connectivity index (χ4n) is 2.51. The van der Waals surface area contributed by atoms with Gasteiger partial charge in [-0.25, -0.2) is 0 Å². The highest BCUT2D eigenvalue weighted by molar-refractivity contribution is 5.79. The molecule has 0 radical (unpaired) electrons. The summed E-state index contributed by atoms with van der Waals surface area (Å²) < 4.78 is 10.6. The Kier molecular flexibility index (Phi) is 9.77. The fourth-order valence-corrected chi connectivity index (χ4v) is 2.51. The molecule has 0 spiro atoms. The molecule has 6 heteroatoms. The normalized spacial score (nSPS) is 12.8. The Bertz CT molecular complexity index is 531. The van der Waals surface area contributed by atoms with Crippen molar-refractivity contribution in [2.45, 2.75) is 39.7 Å². The lowest BCUT2D eigenvalue weighted by Gasteiger charge is -2.19. The molecular weight excluding hydrogens is 318 g/mol. The van der Waals surface area contributed by atoms with E-state index in [1.807, 2.05) is 13.0 Å². The average Bonchev–Trinajstić information content (AvgIpc) is 2.65. The molecule has 0 aliphatic rings.